The van der Waals surface area contributed by atoms with Gasteiger partial charge in [-0.25, -0.2) is 4.98 Å². The molecule has 0 saturated heterocycles. The summed E-state index contributed by atoms with van der Waals surface area (Å²) in [4.78, 5) is 4.35. The van der Waals surface area contributed by atoms with E-state index in [2.05, 4.69) is 21.7 Å². The van der Waals surface area contributed by atoms with Gasteiger partial charge < -0.3 is 10.6 Å². The van der Waals surface area contributed by atoms with Crippen molar-refractivity contribution in [3.05, 3.63) is 58.7 Å². The van der Waals surface area contributed by atoms with E-state index in [1.165, 1.54) is 5.56 Å². The van der Waals surface area contributed by atoms with Crippen LogP contribution in [-0.2, 0) is 5.75 Å². The van der Waals surface area contributed by atoms with Crippen molar-refractivity contribution >= 4 is 46.5 Å². The van der Waals surface area contributed by atoms with Crippen LogP contribution in [0.1, 0.15) is 11.3 Å². The highest BCUT2D eigenvalue weighted by Gasteiger charge is 1.99. The maximum absolute atomic E-state index is 5.96. The highest BCUT2D eigenvalue weighted by atomic mass is 35.5. The standard InChI is InChI=1S/C16H18ClN3S2/c1-12-4-2-7-15(19-12)20-16(21)18-8-9-22-11-13-5-3-6-14(17)10-13/h2-7,10H,8-9,11H2,1H3,(H2,18,19,20,21). The minimum atomic E-state index is 0.599. The maximum Gasteiger partial charge on any atom is 0.171 e. The van der Waals surface area contributed by atoms with Gasteiger partial charge in [0.1, 0.15) is 5.82 Å². The normalized spacial score (nSPS) is 10.3. The van der Waals surface area contributed by atoms with Gasteiger partial charge in [0, 0.05) is 28.8 Å². The minimum Gasteiger partial charge on any atom is -0.362 e. The molecule has 6 heteroatoms. The number of benzene rings is 1. The third kappa shape index (κ3) is 6.22. The number of halogens is 1. The van der Waals surface area contributed by atoms with Crippen LogP contribution in [0.5, 0.6) is 0 Å². The van der Waals surface area contributed by atoms with E-state index in [4.69, 9.17) is 23.8 Å². The van der Waals surface area contributed by atoms with Crippen molar-refractivity contribution in [1.82, 2.24) is 10.3 Å². The molecule has 0 radical (unpaired) electrons. The highest BCUT2D eigenvalue weighted by molar-refractivity contribution is 7.98. The van der Waals surface area contributed by atoms with Crippen molar-refractivity contribution in [2.45, 2.75) is 12.7 Å². The summed E-state index contributed by atoms with van der Waals surface area (Å²) in [5, 5.41) is 7.65. The Morgan fingerprint density at radius 2 is 2.09 bits per heavy atom. The zero-order valence-corrected chi connectivity index (χ0v) is 14.7. The molecule has 2 rings (SSSR count). The summed E-state index contributed by atoms with van der Waals surface area (Å²) in [7, 11) is 0. The summed E-state index contributed by atoms with van der Waals surface area (Å²) in [6, 6.07) is 13.8. The quantitative estimate of drug-likeness (QED) is 0.600. The van der Waals surface area contributed by atoms with Gasteiger partial charge in [0.2, 0.25) is 0 Å². The molecule has 0 amide bonds. The van der Waals surface area contributed by atoms with Crippen LogP contribution >= 0.6 is 35.6 Å². The molecule has 0 atom stereocenters. The lowest BCUT2D eigenvalue weighted by Crippen LogP contribution is -2.30. The summed E-state index contributed by atoms with van der Waals surface area (Å²) < 4.78 is 0. The van der Waals surface area contributed by atoms with Gasteiger partial charge in [-0.05, 0) is 49.0 Å². The van der Waals surface area contributed by atoms with Gasteiger partial charge in [0.05, 0.1) is 0 Å². The average molecular weight is 352 g/mol. The van der Waals surface area contributed by atoms with Crippen molar-refractivity contribution in [3.8, 4) is 0 Å². The first-order chi connectivity index (χ1) is 10.6. The monoisotopic (exact) mass is 351 g/mol. The Hall–Kier alpha value is -1.30. The van der Waals surface area contributed by atoms with E-state index in [1.807, 2.05) is 55.1 Å². The smallest absolute Gasteiger partial charge is 0.171 e. The van der Waals surface area contributed by atoms with Crippen LogP contribution in [0.3, 0.4) is 0 Å². The number of rotatable bonds is 6. The fourth-order valence-electron chi connectivity index (χ4n) is 1.83. The molecule has 3 nitrogen and oxygen atoms in total. The van der Waals surface area contributed by atoms with Crippen LogP contribution < -0.4 is 10.6 Å². The van der Waals surface area contributed by atoms with Gasteiger partial charge in [0.25, 0.3) is 0 Å². The van der Waals surface area contributed by atoms with E-state index in [1.54, 1.807) is 0 Å². The molecule has 22 heavy (non-hydrogen) atoms. The molecular weight excluding hydrogens is 334 g/mol. The Bertz CT molecular complexity index is 634. The predicted molar refractivity (Wildman–Crippen MR) is 101 cm³/mol. The molecule has 1 aromatic heterocycles. The number of aryl methyl sites for hydroxylation is 1. The molecule has 2 N–H and O–H groups in total. The fraction of sp³-hybridized carbons (Fsp3) is 0.250. The summed E-state index contributed by atoms with van der Waals surface area (Å²) in [5.41, 5.74) is 2.20. The largest absolute Gasteiger partial charge is 0.362 e. The first-order valence-electron chi connectivity index (χ1n) is 6.94. The number of pyridine rings is 1. The number of hydrogen-bond donors (Lipinski definition) is 2. The Morgan fingerprint density at radius 1 is 1.27 bits per heavy atom. The molecular formula is C16H18ClN3S2. The highest BCUT2D eigenvalue weighted by Crippen LogP contribution is 2.16. The molecule has 0 aliphatic heterocycles. The third-order valence-electron chi connectivity index (χ3n) is 2.82. The molecule has 1 heterocycles. The molecule has 0 unspecified atom stereocenters. The van der Waals surface area contributed by atoms with Crippen molar-refractivity contribution in [1.29, 1.82) is 0 Å². The van der Waals surface area contributed by atoms with Crippen molar-refractivity contribution in [3.63, 3.8) is 0 Å². The molecule has 1 aromatic carbocycles. The Balaban J connectivity index is 1.63. The third-order valence-corrected chi connectivity index (χ3v) is 4.33. The second kappa shape index (κ2) is 8.98. The van der Waals surface area contributed by atoms with Gasteiger partial charge >= 0.3 is 0 Å². The average Bonchev–Trinajstić information content (AvgIpc) is 2.47. The Kier molecular flexibility index (Phi) is 6.96. The van der Waals surface area contributed by atoms with Crippen LogP contribution in [0, 0.1) is 6.92 Å². The summed E-state index contributed by atoms with van der Waals surface area (Å²) in [5.74, 6) is 2.68. The Labute approximate surface area is 145 Å². The van der Waals surface area contributed by atoms with Crippen LogP contribution in [0.25, 0.3) is 0 Å². The second-order valence-corrected chi connectivity index (χ2v) is 6.68. The van der Waals surface area contributed by atoms with E-state index in [0.29, 0.717) is 5.11 Å². The number of nitrogens with one attached hydrogen (secondary N) is 2. The lowest BCUT2D eigenvalue weighted by Gasteiger charge is -2.10. The van der Waals surface area contributed by atoms with Crippen LogP contribution in [-0.4, -0.2) is 22.4 Å². The van der Waals surface area contributed by atoms with Crippen molar-refractivity contribution < 1.29 is 0 Å². The van der Waals surface area contributed by atoms with Crippen LogP contribution in [0.4, 0.5) is 5.82 Å². The molecule has 0 bridgehead atoms. The summed E-state index contributed by atoms with van der Waals surface area (Å²) in [6.45, 7) is 2.76. The van der Waals surface area contributed by atoms with Crippen LogP contribution in [0.15, 0.2) is 42.5 Å². The van der Waals surface area contributed by atoms with E-state index >= 15 is 0 Å². The van der Waals surface area contributed by atoms with E-state index in [0.717, 1.165) is 34.6 Å². The number of thiocarbonyl (C=S) groups is 1. The molecule has 0 spiro atoms. The number of nitrogens with zero attached hydrogens (tertiary/aromatic N) is 1. The lowest BCUT2D eigenvalue weighted by molar-refractivity contribution is 0.987. The van der Waals surface area contributed by atoms with E-state index < -0.39 is 0 Å². The molecule has 116 valence electrons. The minimum absolute atomic E-state index is 0.599. The number of anilines is 1. The lowest BCUT2D eigenvalue weighted by atomic mass is 10.2. The van der Waals surface area contributed by atoms with Gasteiger partial charge in [-0.3, -0.25) is 0 Å². The van der Waals surface area contributed by atoms with Crippen molar-refractivity contribution in [2.24, 2.45) is 0 Å². The summed E-state index contributed by atoms with van der Waals surface area (Å²) in [6.07, 6.45) is 0. The Morgan fingerprint density at radius 3 is 2.86 bits per heavy atom. The molecule has 0 fully saturated rings. The van der Waals surface area contributed by atoms with Gasteiger partial charge in [-0.2, -0.15) is 11.8 Å². The maximum atomic E-state index is 5.96. The van der Waals surface area contributed by atoms with Crippen molar-refractivity contribution in [2.75, 3.05) is 17.6 Å². The molecule has 0 saturated carbocycles. The first kappa shape index (κ1) is 17.1. The van der Waals surface area contributed by atoms with E-state index in [-0.39, 0.29) is 0 Å². The molecule has 0 aliphatic rings. The first-order valence-corrected chi connectivity index (χ1v) is 8.88. The van der Waals surface area contributed by atoms with Gasteiger partial charge in [0.15, 0.2) is 5.11 Å². The number of aromatic nitrogens is 1. The predicted octanol–water partition coefficient (Wildman–Crippen LogP) is 4.26. The zero-order chi connectivity index (χ0) is 15.8. The fourth-order valence-corrected chi connectivity index (χ4v) is 3.05. The zero-order valence-electron chi connectivity index (χ0n) is 12.3. The number of thioether (sulfide) groups is 1. The van der Waals surface area contributed by atoms with Gasteiger partial charge in [-0.15, -0.1) is 0 Å². The summed E-state index contributed by atoms with van der Waals surface area (Å²) >= 11 is 13.1. The second-order valence-electron chi connectivity index (χ2n) is 4.73. The van der Waals surface area contributed by atoms with Crippen LogP contribution in [0.2, 0.25) is 5.02 Å². The molecule has 2 aromatic rings. The van der Waals surface area contributed by atoms with Gasteiger partial charge in [-0.1, -0.05) is 29.8 Å². The SMILES string of the molecule is Cc1cccc(NC(=S)NCCSCc2cccc(Cl)c2)n1. The molecule has 0 aliphatic carbocycles. The van der Waals surface area contributed by atoms with E-state index in [9.17, 15) is 0 Å². The topological polar surface area (TPSA) is 37.0 Å². The number of hydrogen-bond acceptors (Lipinski definition) is 3.